The van der Waals surface area contributed by atoms with Gasteiger partial charge in [-0.1, -0.05) is 0 Å². The van der Waals surface area contributed by atoms with Crippen molar-refractivity contribution < 1.29 is 32.5 Å². The minimum atomic E-state index is -1.98. The summed E-state index contributed by atoms with van der Waals surface area (Å²) in [6.07, 6.45) is -5.34. The van der Waals surface area contributed by atoms with Crippen molar-refractivity contribution in [1.29, 1.82) is 0 Å². The van der Waals surface area contributed by atoms with Gasteiger partial charge in [-0.2, -0.15) is 0 Å². The van der Waals surface area contributed by atoms with Crippen molar-refractivity contribution in [3.63, 3.8) is 0 Å². The number of aliphatic hydroxyl groups excluding tert-OH is 2. The summed E-state index contributed by atoms with van der Waals surface area (Å²) in [4.78, 5) is 3.66. The minimum absolute atomic E-state index is 0.218. The molecule has 3 rings (SSSR count). The lowest BCUT2D eigenvalue weighted by molar-refractivity contribution is -0.0459. The van der Waals surface area contributed by atoms with Gasteiger partial charge in [-0.15, -0.1) is 0 Å². The Balaban J connectivity index is 2.12. The Hall–Kier alpha value is -1.71. The van der Waals surface area contributed by atoms with Gasteiger partial charge in [0.15, 0.2) is 29.9 Å². The molecule has 1 aromatic heterocycles. The molecule has 0 aliphatic carbocycles. The number of benzene rings is 1. The smallest absolute Gasteiger partial charge is 0.196 e. The molecule has 2 N–H and O–H groups in total. The van der Waals surface area contributed by atoms with Gasteiger partial charge in [0.1, 0.15) is 17.7 Å². The van der Waals surface area contributed by atoms with Gasteiger partial charge in [0.05, 0.1) is 18.5 Å². The molecule has 0 amide bonds. The molecule has 1 aliphatic heterocycles. The Morgan fingerprint density at radius 1 is 1.29 bits per heavy atom. The Bertz CT molecular complexity index is 693. The van der Waals surface area contributed by atoms with E-state index in [1.165, 1.54) is 0 Å². The maximum Gasteiger partial charge on any atom is 0.196 e. The molecule has 0 radical (unpaired) electrons. The van der Waals surface area contributed by atoms with Gasteiger partial charge in [-0.3, -0.25) is 4.57 Å². The number of rotatable bonds is 2. The average molecular weight is 306 g/mol. The fourth-order valence-electron chi connectivity index (χ4n) is 2.37. The lowest BCUT2D eigenvalue weighted by Crippen LogP contribution is -2.30. The first kappa shape index (κ1) is 14.2. The molecule has 1 fully saturated rings. The van der Waals surface area contributed by atoms with Crippen molar-refractivity contribution in [2.75, 3.05) is 6.61 Å². The maximum atomic E-state index is 14.0. The fourth-order valence-corrected chi connectivity index (χ4v) is 2.37. The van der Waals surface area contributed by atoms with E-state index >= 15 is 0 Å². The molecule has 1 saturated heterocycles. The van der Waals surface area contributed by atoms with Crippen LogP contribution in [0.1, 0.15) is 6.23 Å². The number of aromatic nitrogens is 2. The second-order valence-electron chi connectivity index (χ2n) is 4.69. The zero-order chi connectivity index (χ0) is 15.3. The highest BCUT2D eigenvalue weighted by atomic mass is 19.2. The van der Waals surface area contributed by atoms with Crippen LogP contribution in [0.5, 0.6) is 0 Å². The summed E-state index contributed by atoms with van der Waals surface area (Å²) in [5, 5.41) is 18.5. The number of ether oxygens (including phenoxy) is 1. The number of fused-ring (bicyclic) bond motifs is 1. The van der Waals surface area contributed by atoms with E-state index < -0.39 is 54.2 Å². The third-order valence-corrected chi connectivity index (χ3v) is 3.44. The first-order valence-electron chi connectivity index (χ1n) is 6.04. The molecule has 1 aromatic carbocycles. The lowest BCUT2D eigenvalue weighted by atomic mass is 10.1. The molecule has 9 heteroatoms. The second kappa shape index (κ2) is 4.93. The van der Waals surface area contributed by atoms with Gasteiger partial charge in [0, 0.05) is 6.07 Å². The molecule has 1 aliphatic rings. The van der Waals surface area contributed by atoms with Crippen molar-refractivity contribution in [1.82, 2.24) is 9.55 Å². The van der Waals surface area contributed by atoms with Crippen LogP contribution in [0.2, 0.25) is 0 Å². The molecule has 2 aromatic rings. The molecule has 2 heterocycles. The minimum Gasteiger partial charge on any atom is -0.394 e. The predicted molar refractivity (Wildman–Crippen MR) is 61.5 cm³/mol. The first-order valence-corrected chi connectivity index (χ1v) is 6.04. The normalized spacial score (nSPS) is 29.4. The van der Waals surface area contributed by atoms with E-state index in [4.69, 9.17) is 9.84 Å². The molecule has 0 unspecified atom stereocenters. The van der Waals surface area contributed by atoms with Gasteiger partial charge in [-0.25, -0.2) is 22.5 Å². The number of nitrogens with zero attached hydrogens (tertiary/aromatic N) is 2. The van der Waals surface area contributed by atoms with Crippen LogP contribution in [0.4, 0.5) is 17.6 Å². The van der Waals surface area contributed by atoms with E-state index in [1.54, 1.807) is 0 Å². The third-order valence-electron chi connectivity index (χ3n) is 3.44. The first-order chi connectivity index (χ1) is 9.95. The zero-order valence-corrected chi connectivity index (χ0v) is 10.4. The second-order valence-corrected chi connectivity index (χ2v) is 4.69. The average Bonchev–Trinajstić information content (AvgIpc) is 2.99. The van der Waals surface area contributed by atoms with Crippen LogP contribution in [-0.2, 0) is 4.74 Å². The Morgan fingerprint density at radius 2 is 2.00 bits per heavy atom. The van der Waals surface area contributed by atoms with Crippen LogP contribution in [0.15, 0.2) is 12.4 Å². The fraction of sp³-hybridized carbons (Fsp3) is 0.417. The molecule has 21 heavy (non-hydrogen) atoms. The number of hydrogen-bond acceptors (Lipinski definition) is 4. The van der Waals surface area contributed by atoms with Gasteiger partial charge in [0.2, 0.25) is 0 Å². The van der Waals surface area contributed by atoms with E-state index in [1.807, 2.05) is 0 Å². The van der Waals surface area contributed by atoms with Crippen molar-refractivity contribution in [3.05, 3.63) is 29.8 Å². The summed E-state index contributed by atoms with van der Waals surface area (Å²) in [6, 6.07) is 0.673. The zero-order valence-electron chi connectivity index (χ0n) is 10.4. The number of halogens is 4. The Morgan fingerprint density at radius 3 is 2.62 bits per heavy atom. The molecule has 4 atom stereocenters. The largest absolute Gasteiger partial charge is 0.394 e. The highest BCUT2D eigenvalue weighted by Gasteiger charge is 2.45. The topological polar surface area (TPSA) is 67.5 Å². The van der Waals surface area contributed by atoms with Gasteiger partial charge in [-0.05, 0) is 0 Å². The van der Waals surface area contributed by atoms with Gasteiger partial charge < -0.3 is 14.9 Å². The summed E-state index contributed by atoms with van der Waals surface area (Å²) >= 11 is 0. The van der Waals surface area contributed by atoms with E-state index in [0.29, 0.717) is 6.07 Å². The molecule has 0 saturated carbocycles. The molecule has 0 spiro atoms. The Labute approximate surface area is 115 Å². The maximum absolute atomic E-state index is 14.0. The summed E-state index contributed by atoms with van der Waals surface area (Å²) in [6.45, 7) is -0.643. The SMILES string of the molecule is OC[C@H]1O[C@@H](n2cnc3cc(F)c(F)c(F)c32)[C@@H](F)[C@@H]1O. The number of hydrogen-bond donors (Lipinski definition) is 2. The lowest BCUT2D eigenvalue weighted by Gasteiger charge is -2.16. The summed E-state index contributed by atoms with van der Waals surface area (Å²) in [5.74, 6) is -4.65. The summed E-state index contributed by atoms with van der Waals surface area (Å²) in [5.41, 5.74) is -0.698. The number of aliphatic hydroxyl groups is 2. The highest BCUT2D eigenvalue weighted by Crippen LogP contribution is 2.35. The van der Waals surface area contributed by atoms with Crippen LogP contribution < -0.4 is 0 Å². The molecule has 0 bridgehead atoms. The Kier molecular flexibility index (Phi) is 3.34. The van der Waals surface area contributed by atoms with Crippen molar-refractivity contribution in [2.45, 2.75) is 24.6 Å². The van der Waals surface area contributed by atoms with E-state index in [2.05, 4.69) is 4.98 Å². The van der Waals surface area contributed by atoms with Crippen LogP contribution in [0.3, 0.4) is 0 Å². The van der Waals surface area contributed by atoms with Crippen LogP contribution in [-0.4, -0.2) is 44.8 Å². The van der Waals surface area contributed by atoms with E-state index in [-0.39, 0.29) is 5.52 Å². The van der Waals surface area contributed by atoms with Crippen molar-refractivity contribution in [3.8, 4) is 0 Å². The van der Waals surface area contributed by atoms with Crippen LogP contribution >= 0.6 is 0 Å². The van der Waals surface area contributed by atoms with Gasteiger partial charge in [0.25, 0.3) is 0 Å². The molecular formula is C12H10F4N2O3. The van der Waals surface area contributed by atoms with E-state index in [9.17, 15) is 22.7 Å². The monoisotopic (exact) mass is 306 g/mol. The van der Waals surface area contributed by atoms with Crippen LogP contribution in [0.25, 0.3) is 11.0 Å². The van der Waals surface area contributed by atoms with E-state index in [0.717, 1.165) is 10.9 Å². The highest BCUT2D eigenvalue weighted by molar-refractivity contribution is 5.76. The molecule has 114 valence electrons. The van der Waals surface area contributed by atoms with Crippen molar-refractivity contribution in [2.24, 2.45) is 0 Å². The third kappa shape index (κ3) is 2.00. The summed E-state index contributed by atoms with van der Waals surface area (Å²) in [7, 11) is 0. The summed E-state index contributed by atoms with van der Waals surface area (Å²) < 4.78 is 60.2. The predicted octanol–water partition coefficient (Wildman–Crippen LogP) is 1.04. The molecular weight excluding hydrogens is 296 g/mol. The number of alkyl halides is 1. The van der Waals surface area contributed by atoms with Crippen molar-refractivity contribution >= 4 is 11.0 Å². The van der Waals surface area contributed by atoms with Gasteiger partial charge >= 0.3 is 0 Å². The molecule has 5 nitrogen and oxygen atoms in total. The van der Waals surface area contributed by atoms with Crippen LogP contribution in [0, 0.1) is 17.5 Å². The quantitative estimate of drug-likeness (QED) is 0.643. The standard InChI is InChI=1S/C12H10F4N2O3/c13-4-1-5-10(8(15)7(4)14)18(3-17-5)12-9(16)11(20)6(2-19)21-12/h1,3,6,9,11-12,19-20H,2H2/t6-,9+,11-,12-/m1/s1. The number of imidazole rings is 1.